The minimum atomic E-state index is -1.27. The first-order chi connectivity index (χ1) is 15.7. The Kier molecular flexibility index (Phi) is 6.10. The van der Waals surface area contributed by atoms with E-state index in [4.69, 9.17) is 4.74 Å². The highest BCUT2D eigenvalue weighted by molar-refractivity contribution is 6.09. The van der Waals surface area contributed by atoms with Crippen molar-refractivity contribution in [3.8, 4) is 11.1 Å². The van der Waals surface area contributed by atoms with Crippen molar-refractivity contribution in [2.24, 2.45) is 17.8 Å². The predicted octanol–water partition coefficient (Wildman–Crippen LogP) is 3.72. The molecule has 6 nitrogen and oxygen atoms in total. The maximum absolute atomic E-state index is 13.3. The fourth-order valence-corrected chi connectivity index (χ4v) is 5.47. The van der Waals surface area contributed by atoms with E-state index in [0.717, 1.165) is 16.7 Å². The molecule has 0 bridgehead atoms. The molecule has 174 valence electrons. The fourth-order valence-electron chi connectivity index (χ4n) is 5.47. The molecule has 4 rings (SSSR count). The third-order valence-electron chi connectivity index (χ3n) is 6.79. The molecule has 2 amide bonds. The Balaban J connectivity index is 1.76. The number of likely N-dealkylation sites (tertiary alicyclic amines) is 1. The SMILES string of the molecule is CCN1C(=O)C2C(c3ccc(-c4ccc(F)cc4)cc3)N[C@@](CC(C)C)(C(=O)OC)C2C1=O. The number of hydrogen-bond acceptors (Lipinski definition) is 5. The summed E-state index contributed by atoms with van der Waals surface area (Å²) in [6.07, 6.45) is 0.377. The van der Waals surface area contributed by atoms with Crippen LogP contribution in [0.4, 0.5) is 4.39 Å². The molecule has 0 aliphatic carbocycles. The van der Waals surface area contributed by atoms with Crippen LogP contribution in [0.5, 0.6) is 0 Å². The van der Waals surface area contributed by atoms with Gasteiger partial charge in [0.1, 0.15) is 11.4 Å². The van der Waals surface area contributed by atoms with Gasteiger partial charge in [-0.25, -0.2) is 4.39 Å². The summed E-state index contributed by atoms with van der Waals surface area (Å²) in [5, 5.41) is 3.38. The highest BCUT2D eigenvalue weighted by atomic mass is 19.1. The number of rotatable bonds is 6. The van der Waals surface area contributed by atoms with Crippen LogP contribution < -0.4 is 5.32 Å². The van der Waals surface area contributed by atoms with Gasteiger partial charge in [-0.2, -0.15) is 0 Å². The summed E-state index contributed by atoms with van der Waals surface area (Å²) in [5.41, 5.74) is 1.31. The molecule has 2 aliphatic rings. The fraction of sp³-hybridized carbons (Fsp3) is 0.423. The highest BCUT2D eigenvalue weighted by Gasteiger charge is 2.68. The molecular weight excluding hydrogens is 423 g/mol. The number of ether oxygens (including phenoxy) is 1. The molecule has 0 radical (unpaired) electrons. The van der Waals surface area contributed by atoms with Crippen molar-refractivity contribution in [2.75, 3.05) is 13.7 Å². The molecule has 3 unspecified atom stereocenters. The van der Waals surface area contributed by atoms with Gasteiger partial charge in [-0.3, -0.25) is 24.6 Å². The number of halogens is 1. The number of benzene rings is 2. The summed E-state index contributed by atoms with van der Waals surface area (Å²) >= 11 is 0. The zero-order valence-corrected chi connectivity index (χ0v) is 19.3. The highest BCUT2D eigenvalue weighted by Crippen LogP contribution is 2.51. The van der Waals surface area contributed by atoms with Crippen LogP contribution in [-0.2, 0) is 19.1 Å². The van der Waals surface area contributed by atoms with Crippen molar-refractivity contribution < 1.29 is 23.5 Å². The largest absolute Gasteiger partial charge is 0.468 e. The summed E-state index contributed by atoms with van der Waals surface area (Å²) in [7, 11) is 1.31. The van der Waals surface area contributed by atoms with Gasteiger partial charge in [-0.15, -0.1) is 0 Å². The second-order valence-corrected chi connectivity index (χ2v) is 9.24. The summed E-state index contributed by atoms with van der Waals surface area (Å²) in [6, 6.07) is 13.3. The van der Waals surface area contributed by atoms with E-state index in [1.54, 1.807) is 19.1 Å². The van der Waals surface area contributed by atoms with Crippen LogP contribution in [0.15, 0.2) is 48.5 Å². The monoisotopic (exact) mass is 452 g/mol. The second-order valence-electron chi connectivity index (χ2n) is 9.24. The van der Waals surface area contributed by atoms with Crippen LogP contribution >= 0.6 is 0 Å². The topological polar surface area (TPSA) is 75.7 Å². The first-order valence-corrected chi connectivity index (χ1v) is 11.3. The lowest BCUT2D eigenvalue weighted by Crippen LogP contribution is -2.57. The van der Waals surface area contributed by atoms with Crippen molar-refractivity contribution in [1.29, 1.82) is 0 Å². The van der Waals surface area contributed by atoms with E-state index in [2.05, 4.69) is 5.32 Å². The molecule has 0 aromatic heterocycles. The number of nitrogens with zero attached hydrogens (tertiary/aromatic N) is 1. The van der Waals surface area contributed by atoms with Gasteiger partial charge in [0.25, 0.3) is 0 Å². The number of carbonyl (C=O) groups excluding carboxylic acids is 3. The van der Waals surface area contributed by atoms with Gasteiger partial charge in [-0.05, 0) is 48.1 Å². The van der Waals surface area contributed by atoms with Crippen LogP contribution in [0, 0.1) is 23.6 Å². The average Bonchev–Trinajstić information content (AvgIpc) is 3.27. The van der Waals surface area contributed by atoms with Gasteiger partial charge in [0.2, 0.25) is 11.8 Å². The van der Waals surface area contributed by atoms with Crippen LogP contribution in [-0.4, -0.2) is 41.9 Å². The Morgan fingerprint density at radius 2 is 1.64 bits per heavy atom. The van der Waals surface area contributed by atoms with Crippen molar-refractivity contribution in [1.82, 2.24) is 10.2 Å². The summed E-state index contributed by atoms with van der Waals surface area (Å²) in [4.78, 5) is 41.0. The summed E-state index contributed by atoms with van der Waals surface area (Å²) in [6.45, 7) is 5.98. The van der Waals surface area contributed by atoms with Crippen LogP contribution in [0.1, 0.15) is 38.8 Å². The van der Waals surface area contributed by atoms with Gasteiger partial charge < -0.3 is 4.74 Å². The lowest BCUT2D eigenvalue weighted by molar-refractivity contribution is -0.155. The Morgan fingerprint density at radius 3 is 2.15 bits per heavy atom. The average molecular weight is 453 g/mol. The van der Waals surface area contributed by atoms with Crippen molar-refractivity contribution in [3.05, 3.63) is 59.9 Å². The third-order valence-corrected chi connectivity index (χ3v) is 6.79. The van der Waals surface area contributed by atoms with Crippen LogP contribution in [0.2, 0.25) is 0 Å². The smallest absolute Gasteiger partial charge is 0.326 e. The van der Waals surface area contributed by atoms with E-state index >= 15 is 0 Å². The van der Waals surface area contributed by atoms with E-state index in [1.807, 2.05) is 38.1 Å². The molecule has 4 atom stereocenters. The molecule has 0 spiro atoms. The molecule has 7 heteroatoms. The quantitative estimate of drug-likeness (QED) is 0.534. The molecule has 0 saturated carbocycles. The Bertz CT molecular complexity index is 1070. The number of esters is 1. The number of imide groups is 1. The van der Waals surface area contributed by atoms with E-state index in [0.29, 0.717) is 6.42 Å². The third kappa shape index (κ3) is 3.74. The summed E-state index contributed by atoms with van der Waals surface area (Å²) in [5.74, 6) is -2.82. The van der Waals surface area contributed by atoms with E-state index in [-0.39, 0.29) is 30.1 Å². The molecule has 2 saturated heterocycles. The number of carbonyl (C=O) groups is 3. The first-order valence-electron chi connectivity index (χ1n) is 11.3. The number of fused-ring (bicyclic) bond motifs is 1. The maximum atomic E-state index is 13.3. The van der Waals surface area contributed by atoms with Gasteiger partial charge in [-0.1, -0.05) is 50.2 Å². The van der Waals surface area contributed by atoms with E-state index in [1.165, 1.54) is 24.1 Å². The molecule has 2 heterocycles. The summed E-state index contributed by atoms with van der Waals surface area (Å²) < 4.78 is 18.4. The van der Waals surface area contributed by atoms with E-state index < -0.39 is 29.4 Å². The lowest BCUT2D eigenvalue weighted by Gasteiger charge is -2.33. The molecule has 2 aliphatic heterocycles. The van der Waals surface area contributed by atoms with Gasteiger partial charge in [0.05, 0.1) is 18.9 Å². The minimum Gasteiger partial charge on any atom is -0.468 e. The number of nitrogens with one attached hydrogen (secondary N) is 1. The minimum absolute atomic E-state index is 0.0930. The van der Waals surface area contributed by atoms with Crippen molar-refractivity contribution >= 4 is 17.8 Å². The molecule has 2 fully saturated rings. The van der Waals surface area contributed by atoms with Crippen LogP contribution in [0.3, 0.4) is 0 Å². The standard InChI is InChI=1S/C26H29FN2O4/c1-5-29-23(30)20-21(24(29)31)26(14-15(2)3,25(32)33-4)28-22(20)18-8-6-16(7-9-18)17-10-12-19(27)13-11-17/h6-13,15,20-22,28H,5,14H2,1-4H3/t20?,21?,22?,26-/m1/s1. The Morgan fingerprint density at radius 1 is 1.06 bits per heavy atom. The van der Waals surface area contributed by atoms with Crippen molar-refractivity contribution in [2.45, 2.75) is 38.8 Å². The van der Waals surface area contributed by atoms with Gasteiger partial charge in [0, 0.05) is 12.6 Å². The van der Waals surface area contributed by atoms with Gasteiger partial charge in [0.15, 0.2) is 0 Å². The normalized spacial score (nSPS) is 26.7. The Hall–Kier alpha value is -3.06. The number of hydrogen-bond donors (Lipinski definition) is 1. The number of methoxy groups -OCH3 is 1. The Labute approximate surface area is 193 Å². The van der Waals surface area contributed by atoms with Crippen molar-refractivity contribution in [3.63, 3.8) is 0 Å². The zero-order chi connectivity index (χ0) is 23.9. The van der Waals surface area contributed by atoms with Crippen LogP contribution in [0.25, 0.3) is 11.1 Å². The maximum Gasteiger partial charge on any atom is 0.326 e. The molecular formula is C26H29FN2O4. The lowest BCUT2D eigenvalue weighted by atomic mass is 9.75. The zero-order valence-electron chi connectivity index (χ0n) is 19.3. The molecule has 2 aromatic rings. The van der Waals surface area contributed by atoms with Gasteiger partial charge >= 0.3 is 5.97 Å². The predicted molar refractivity (Wildman–Crippen MR) is 121 cm³/mol. The molecule has 2 aromatic carbocycles. The second kappa shape index (κ2) is 8.71. The van der Waals surface area contributed by atoms with E-state index in [9.17, 15) is 18.8 Å². The first kappa shape index (κ1) is 23.1. The molecule has 1 N–H and O–H groups in total. The molecule has 33 heavy (non-hydrogen) atoms. The number of amides is 2.